The van der Waals surface area contributed by atoms with Crippen molar-refractivity contribution in [3.63, 3.8) is 0 Å². The standard InChI is InChI=1S/C11H16FNO/c1-3-7-14-11-9(8-13-2)5-4-6-10(11)12/h4-6,13H,3,7-8H2,1-2H3. The molecule has 1 N–H and O–H groups in total. The Labute approximate surface area is 84.1 Å². The highest BCUT2D eigenvalue weighted by molar-refractivity contribution is 5.34. The second-order valence-corrected chi connectivity index (χ2v) is 3.11. The lowest BCUT2D eigenvalue weighted by atomic mass is 10.2. The zero-order valence-corrected chi connectivity index (χ0v) is 8.64. The normalized spacial score (nSPS) is 10.2. The summed E-state index contributed by atoms with van der Waals surface area (Å²) in [5.74, 6) is 0.0925. The second kappa shape index (κ2) is 5.60. The predicted octanol–water partition coefficient (Wildman–Crippen LogP) is 2.33. The van der Waals surface area contributed by atoms with Crippen LogP contribution in [0.15, 0.2) is 18.2 Å². The molecule has 78 valence electrons. The molecule has 0 unspecified atom stereocenters. The highest BCUT2D eigenvalue weighted by Gasteiger charge is 2.08. The fourth-order valence-electron chi connectivity index (χ4n) is 1.25. The van der Waals surface area contributed by atoms with Gasteiger partial charge in [0.2, 0.25) is 0 Å². The number of nitrogens with one attached hydrogen (secondary N) is 1. The van der Waals surface area contributed by atoms with E-state index in [4.69, 9.17) is 4.74 Å². The first-order valence-electron chi connectivity index (χ1n) is 4.84. The highest BCUT2D eigenvalue weighted by Crippen LogP contribution is 2.22. The van der Waals surface area contributed by atoms with E-state index in [1.54, 1.807) is 6.07 Å². The molecule has 0 amide bonds. The van der Waals surface area contributed by atoms with Crippen LogP contribution in [0.2, 0.25) is 0 Å². The van der Waals surface area contributed by atoms with E-state index in [0.717, 1.165) is 12.0 Å². The van der Waals surface area contributed by atoms with Gasteiger partial charge in [-0.05, 0) is 19.5 Å². The maximum atomic E-state index is 13.3. The minimum absolute atomic E-state index is 0.286. The minimum atomic E-state index is -0.286. The van der Waals surface area contributed by atoms with Crippen LogP contribution in [0.25, 0.3) is 0 Å². The summed E-state index contributed by atoms with van der Waals surface area (Å²) in [5, 5.41) is 2.98. The molecule has 0 atom stereocenters. The van der Waals surface area contributed by atoms with Crippen LogP contribution in [0, 0.1) is 5.82 Å². The molecule has 14 heavy (non-hydrogen) atoms. The largest absolute Gasteiger partial charge is 0.490 e. The van der Waals surface area contributed by atoms with Gasteiger partial charge in [-0.2, -0.15) is 0 Å². The van der Waals surface area contributed by atoms with Crippen molar-refractivity contribution < 1.29 is 9.13 Å². The van der Waals surface area contributed by atoms with Gasteiger partial charge in [-0.15, -0.1) is 0 Å². The molecule has 0 radical (unpaired) electrons. The molecule has 0 spiro atoms. The zero-order valence-electron chi connectivity index (χ0n) is 8.64. The number of hydrogen-bond donors (Lipinski definition) is 1. The van der Waals surface area contributed by atoms with Crippen molar-refractivity contribution in [3.05, 3.63) is 29.6 Å². The van der Waals surface area contributed by atoms with Crippen molar-refractivity contribution in [3.8, 4) is 5.75 Å². The Morgan fingerprint density at radius 3 is 2.86 bits per heavy atom. The highest BCUT2D eigenvalue weighted by atomic mass is 19.1. The Morgan fingerprint density at radius 1 is 1.43 bits per heavy atom. The van der Waals surface area contributed by atoms with Crippen molar-refractivity contribution in [1.29, 1.82) is 0 Å². The van der Waals surface area contributed by atoms with Crippen molar-refractivity contribution in [2.45, 2.75) is 19.9 Å². The van der Waals surface area contributed by atoms with Gasteiger partial charge < -0.3 is 10.1 Å². The molecule has 1 aromatic rings. The fraction of sp³-hybridized carbons (Fsp3) is 0.455. The third-order valence-corrected chi connectivity index (χ3v) is 1.87. The maximum Gasteiger partial charge on any atom is 0.165 e. The summed E-state index contributed by atoms with van der Waals surface area (Å²) in [6.07, 6.45) is 0.882. The first-order chi connectivity index (χ1) is 6.79. The van der Waals surface area contributed by atoms with Crippen LogP contribution in [0.5, 0.6) is 5.75 Å². The molecule has 0 saturated carbocycles. The lowest BCUT2D eigenvalue weighted by Crippen LogP contribution is -2.09. The van der Waals surface area contributed by atoms with Crippen LogP contribution < -0.4 is 10.1 Å². The summed E-state index contributed by atoms with van der Waals surface area (Å²) in [6.45, 7) is 3.17. The van der Waals surface area contributed by atoms with Crippen LogP contribution in [0.4, 0.5) is 4.39 Å². The van der Waals surface area contributed by atoms with E-state index < -0.39 is 0 Å². The Morgan fingerprint density at radius 2 is 2.21 bits per heavy atom. The SMILES string of the molecule is CCCOc1c(F)cccc1CNC. The topological polar surface area (TPSA) is 21.3 Å². The van der Waals surface area contributed by atoms with Crippen LogP contribution in [0.3, 0.4) is 0 Å². The molecule has 2 nitrogen and oxygen atoms in total. The van der Waals surface area contributed by atoms with Gasteiger partial charge in [0.05, 0.1) is 6.61 Å². The van der Waals surface area contributed by atoms with Crippen LogP contribution in [-0.2, 0) is 6.54 Å². The summed E-state index contributed by atoms with van der Waals surface area (Å²) in [5.41, 5.74) is 0.862. The molecule has 0 aliphatic heterocycles. The van der Waals surface area contributed by atoms with Gasteiger partial charge in [-0.25, -0.2) is 4.39 Å². The molecule has 0 heterocycles. The monoisotopic (exact) mass is 197 g/mol. The maximum absolute atomic E-state index is 13.3. The number of halogens is 1. The molecular weight excluding hydrogens is 181 g/mol. The molecule has 0 aromatic heterocycles. The lowest BCUT2D eigenvalue weighted by molar-refractivity contribution is 0.297. The third kappa shape index (κ3) is 2.70. The van der Waals surface area contributed by atoms with Crippen LogP contribution in [-0.4, -0.2) is 13.7 Å². The summed E-state index contributed by atoms with van der Waals surface area (Å²) in [6, 6.07) is 4.98. The van der Waals surface area contributed by atoms with E-state index in [0.29, 0.717) is 18.9 Å². The van der Waals surface area contributed by atoms with E-state index in [2.05, 4.69) is 5.32 Å². The summed E-state index contributed by atoms with van der Waals surface area (Å²) >= 11 is 0. The van der Waals surface area contributed by atoms with Gasteiger partial charge in [0.25, 0.3) is 0 Å². The third-order valence-electron chi connectivity index (χ3n) is 1.87. The summed E-state index contributed by atoms with van der Waals surface area (Å²) in [7, 11) is 1.83. The van der Waals surface area contributed by atoms with Gasteiger partial charge >= 0.3 is 0 Å². The number of para-hydroxylation sites is 1. The average molecular weight is 197 g/mol. The zero-order chi connectivity index (χ0) is 10.4. The number of rotatable bonds is 5. The number of benzene rings is 1. The average Bonchev–Trinajstić information content (AvgIpc) is 2.18. The summed E-state index contributed by atoms with van der Waals surface area (Å²) < 4.78 is 18.7. The molecule has 0 fully saturated rings. The van der Waals surface area contributed by atoms with Gasteiger partial charge in [0, 0.05) is 12.1 Å². The Balaban J connectivity index is 2.84. The Hall–Kier alpha value is -1.09. The molecule has 0 aliphatic rings. The van der Waals surface area contributed by atoms with E-state index >= 15 is 0 Å². The van der Waals surface area contributed by atoms with Crippen molar-refractivity contribution in [2.24, 2.45) is 0 Å². The first-order valence-corrected chi connectivity index (χ1v) is 4.84. The quantitative estimate of drug-likeness (QED) is 0.782. The molecule has 3 heteroatoms. The van der Waals surface area contributed by atoms with Crippen LogP contribution in [0.1, 0.15) is 18.9 Å². The Kier molecular flexibility index (Phi) is 4.40. The molecule has 0 bridgehead atoms. The van der Waals surface area contributed by atoms with Crippen LogP contribution >= 0.6 is 0 Å². The van der Waals surface area contributed by atoms with E-state index in [1.807, 2.05) is 20.0 Å². The molecule has 1 rings (SSSR count). The van der Waals surface area contributed by atoms with E-state index in [9.17, 15) is 4.39 Å². The molecule has 0 aliphatic carbocycles. The summed E-state index contributed by atoms with van der Waals surface area (Å²) in [4.78, 5) is 0. The number of ether oxygens (including phenoxy) is 1. The Bertz CT molecular complexity index is 289. The molecule has 0 saturated heterocycles. The smallest absolute Gasteiger partial charge is 0.165 e. The van der Waals surface area contributed by atoms with Crippen molar-refractivity contribution in [1.82, 2.24) is 5.32 Å². The number of hydrogen-bond acceptors (Lipinski definition) is 2. The molecule has 1 aromatic carbocycles. The van der Waals surface area contributed by atoms with Crippen molar-refractivity contribution in [2.75, 3.05) is 13.7 Å². The fourth-order valence-corrected chi connectivity index (χ4v) is 1.25. The lowest BCUT2D eigenvalue weighted by Gasteiger charge is -2.11. The second-order valence-electron chi connectivity index (χ2n) is 3.11. The van der Waals surface area contributed by atoms with E-state index in [1.165, 1.54) is 6.07 Å². The first kappa shape index (κ1) is 11.0. The minimum Gasteiger partial charge on any atom is -0.490 e. The molecular formula is C11H16FNO. The van der Waals surface area contributed by atoms with Gasteiger partial charge in [0.1, 0.15) is 0 Å². The predicted molar refractivity (Wildman–Crippen MR) is 54.9 cm³/mol. The van der Waals surface area contributed by atoms with Gasteiger partial charge in [-0.3, -0.25) is 0 Å². The van der Waals surface area contributed by atoms with E-state index in [-0.39, 0.29) is 5.82 Å². The van der Waals surface area contributed by atoms with Gasteiger partial charge in [-0.1, -0.05) is 19.1 Å². The van der Waals surface area contributed by atoms with Crippen molar-refractivity contribution >= 4 is 0 Å². The van der Waals surface area contributed by atoms with Gasteiger partial charge in [0.15, 0.2) is 11.6 Å².